The van der Waals surface area contributed by atoms with Crippen LogP contribution in [0.1, 0.15) is 0 Å². The van der Waals surface area contributed by atoms with Crippen LogP contribution in [0, 0.1) is 10.1 Å². The van der Waals surface area contributed by atoms with Crippen LogP contribution in [0.3, 0.4) is 0 Å². The largest absolute Gasteiger partial charge is 0.369 e. The van der Waals surface area contributed by atoms with Gasteiger partial charge in [0.1, 0.15) is 4.90 Å². The molecule has 1 fully saturated rings. The summed E-state index contributed by atoms with van der Waals surface area (Å²) in [5.74, 6) is 0. The van der Waals surface area contributed by atoms with Crippen LogP contribution in [-0.2, 0) is 10.0 Å². The third-order valence-electron chi connectivity index (χ3n) is 4.18. The number of nitrogens with zero attached hydrogens (tertiary/aromatic N) is 3. The van der Waals surface area contributed by atoms with E-state index >= 15 is 0 Å². The molecule has 0 radical (unpaired) electrons. The average Bonchev–Trinajstić information content (AvgIpc) is 2.61. The molecule has 1 aliphatic heterocycles. The first-order chi connectivity index (χ1) is 12.3. The number of halogens is 2. The summed E-state index contributed by atoms with van der Waals surface area (Å²) in [7, 11) is -3.71. The molecule has 2 aromatic rings. The molecule has 26 heavy (non-hydrogen) atoms. The van der Waals surface area contributed by atoms with Crippen LogP contribution in [0.25, 0.3) is 0 Å². The Morgan fingerprint density at radius 3 is 2.12 bits per heavy atom. The quantitative estimate of drug-likeness (QED) is 0.564. The van der Waals surface area contributed by atoms with E-state index < -0.39 is 14.9 Å². The molecule has 0 amide bonds. The van der Waals surface area contributed by atoms with Gasteiger partial charge in [0.2, 0.25) is 10.0 Å². The zero-order valence-corrected chi connectivity index (χ0v) is 15.8. The van der Waals surface area contributed by atoms with Crippen molar-refractivity contribution in [2.45, 2.75) is 4.90 Å². The van der Waals surface area contributed by atoms with E-state index in [0.29, 0.717) is 18.1 Å². The van der Waals surface area contributed by atoms with Crippen molar-refractivity contribution in [3.63, 3.8) is 0 Å². The van der Waals surface area contributed by atoms with E-state index in [1.807, 2.05) is 4.90 Å². The molecule has 0 unspecified atom stereocenters. The van der Waals surface area contributed by atoms with Crippen LogP contribution in [0.4, 0.5) is 11.4 Å². The van der Waals surface area contributed by atoms with Crippen LogP contribution >= 0.6 is 23.2 Å². The fourth-order valence-corrected chi connectivity index (χ4v) is 4.96. The van der Waals surface area contributed by atoms with Crippen molar-refractivity contribution in [1.29, 1.82) is 0 Å². The number of anilines is 1. The highest BCUT2D eigenvalue weighted by molar-refractivity contribution is 7.89. The molecule has 10 heteroatoms. The monoisotopic (exact) mass is 415 g/mol. The maximum absolute atomic E-state index is 12.8. The van der Waals surface area contributed by atoms with Gasteiger partial charge in [-0.2, -0.15) is 4.31 Å². The number of non-ortho nitro benzene ring substituents is 1. The van der Waals surface area contributed by atoms with E-state index in [-0.39, 0.29) is 28.7 Å². The fraction of sp³-hybridized carbons (Fsp3) is 0.250. The molecule has 3 rings (SSSR count). The lowest BCUT2D eigenvalue weighted by Crippen LogP contribution is -2.48. The summed E-state index contributed by atoms with van der Waals surface area (Å²) in [4.78, 5) is 12.3. The maximum Gasteiger partial charge on any atom is 0.269 e. The molecule has 2 aromatic carbocycles. The second kappa shape index (κ2) is 7.40. The number of rotatable bonds is 4. The van der Waals surface area contributed by atoms with E-state index in [4.69, 9.17) is 23.2 Å². The maximum atomic E-state index is 12.8. The van der Waals surface area contributed by atoms with Crippen molar-refractivity contribution in [3.05, 3.63) is 62.6 Å². The Morgan fingerprint density at radius 1 is 0.962 bits per heavy atom. The number of hydrogen-bond acceptors (Lipinski definition) is 5. The third-order valence-corrected chi connectivity index (χ3v) is 6.79. The Morgan fingerprint density at radius 2 is 1.58 bits per heavy atom. The molecule has 138 valence electrons. The van der Waals surface area contributed by atoms with Crippen molar-refractivity contribution in [3.8, 4) is 0 Å². The van der Waals surface area contributed by atoms with Crippen LogP contribution in [0.5, 0.6) is 0 Å². The summed E-state index contributed by atoms with van der Waals surface area (Å²) in [6, 6.07) is 10.5. The first-order valence-electron chi connectivity index (χ1n) is 7.73. The van der Waals surface area contributed by atoms with E-state index in [0.717, 1.165) is 5.69 Å². The number of piperazine rings is 1. The lowest BCUT2D eigenvalue weighted by molar-refractivity contribution is -0.384. The Bertz CT molecular complexity index is 927. The van der Waals surface area contributed by atoms with E-state index in [9.17, 15) is 18.5 Å². The number of hydrogen-bond donors (Lipinski definition) is 0. The van der Waals surface area contributed by atoms with Gasteiger partial charge in [-0.15, -0.1) is 0 Å². The molecule has 0 atom stereocenters. The van der Waals surface area contributed by atoms with Gasteiger partial charge in [0.25, 0.3) is 5.69 Å². The molecule has 1 aliphatic rings. The minimum atomic E-state index is -3.71. The molecular weight excluding hydrogens is 401 g/mol. The summed E-state index contributed by atoms with van der Waals surface area (Å²) in [5.41, 5.74) is 0.838. The standard InChI is InChI=1S/C16H15Cl2N3O4S/c17-12-1-6-16(15(18)11-12)26(24,25)20-9-7-19(8-10-20)13-2-4-14(5-3-13)21(22)23/h1-6,11H,7-10H2. The highest BCUT2D eigenvalue weighted by Gasteiger charge is 2.30. The Balaban J connectivity index is 1.72. The number of benzene rings is 2. The van der Waals surface area contributed by atoms with Crippen molar-refractivity contribution >= 4 is 44.6 Å². The molecule has 7 nitrogen and oxygen atoms in total. The SMILES string of the molecule is O=[N+]([O-])c1ccc(N2CCN(S(=O)(=O)c3ccc(Cl)cc3Cl)CC2)cc1. The summed E-state index contributed by atoms with van der Waals surface area (Å²) in [6.07, 6.45) is 0. The van der Waals surface area contributed by atoms with Gasteiger partial charge in [-0.1, -0.05) is 23.2 Å². The van der Waals surface area contributed by atoms with Crippen LogP contribution in [-0.4, -0.2) is 43.8 Å². The first kappa shape index (κ1) is 18.9. The van der Waals surface area contributed by atoms with Crippen molar-refractivity contribution in [1.82, 2.24) is 4.31 Å². The zero-order valence-electron chi connectivity index (χ0n) is 13.5. The minimum absolute atomic E-state index is 0.0207. The van der Waals surface area contributed by atoms with Gasteiger partial charge >= 0.3 is 0 Å². The second-order valence-corrected chi connectivity index (χ2v) is 8.49. The average molecular weight is 416 g/mol. The molecule has 0 aliphatic carbocycles. The van der Waals surface area contributed by atoms with Gasteiger partial charge in [0.05, 0.1) is 9.95 Å². The minimum Gasteiger partial charge on any atom is -0.369 e. The summed E-state index contributed by atoms with van der Waals surface area (Å²) in [5, 5.41) is 11.2. The topological polar surface area (TPSA) is 83.8 Å². The highest BCUT2D eigenvalue weighted by atomic mass is 35.5. The lowest BCUT2D eigenvalue weighted by Gasteiger charge is -2.35. The molecule has 1 heterocycles. The summed E-state index contributed by atoms with van der Waals surface area (Å²) < 4.78 is 27.0. The molecule has 0 spiro atoms. The first-order valence-corrected chi connectivity index (χ1v) is 9.93. The molecule has 0 aromatic heterocycles. The molecular formula is C16H15Cl2N3O4S. The zero-order chi connectivity index (χ0) is 18.9. The van der Waals surface area contributed by atoms with Crippen LogP contribution in [0.2, 0.25) is 10.0 Å². The van der Waals surface area contributed by atoms with E-state index in [1.165, 1.54) is 34.6 Å². The highest BCUT2D eigenvalue weighted by Crippen LogP contribution is 2.29. The number of sulfonamides is 1. The smallest absolute Gasteiger partial charge is 0.269 e. The number of nitro benzene ring substituents is 1. The predicted octanol–water partition coefficient (Wildman–Crippen LogP) is 3.41. The normalized spacial score (nSPS) is 15.8. The van der Waals surface area contributed by atoms with Crippen LogP contribution < -0.4 is 4.90 Å². The number of nitro groups is 1. The van der Waals surface area contributed by atoms with Crippen LogP contribution in [0.15, 0.2) is 47.4 Å². The fourth-order valence-electron chi connectivity index (χ4n) is 2.80. The predicted molar refractivity (Wildman–Crippen MR) is 101 cm³/mol. The lowest BCUT2D eigenvalue weighted by atomic mass is 10.2. The van der Waals surface area contributed by atoms with E-state index in [1.54, 1.807) is 12.1 Å². The third kappa shape index (κ3) is 3.78. The Hall–Kier alpha value is -1.87. The van der Waals surface area contributed by atoms with Crippen molar-refractivity contribution in [2.75, 3.05) is 31.1 Å². The van der Waals surface area contributed by atoms with Crippen molar-refractivity contribution in [2.24, 2.45) is 0 Å². The van der Waals surface area contributed by atoms with Crippen molar-refractivity contribution < 1.29 is 13.3 Å². The van der Waals surface area contributed by atoms with Gasteiger partial charge in [0.15, 0.2) is 0 Å². The summed E-state index contributed by atoms with van der Waals surface area (Å²) >= 11 is 11.9. The van der Waals surface area contributed by atoms with E-state index in [2.05, 4.69) is 0 Å². The van der Waals surface area contributed by atoms with Gasteiger partial charge in [-0.05, 0) is 30.3 Å². The van der Waals surface area contributed by atoms with Gasteiger partial charge < -0.3 is 4.90 Å². The second-order valence-electron chi connectivity index (χ2n) is 5.74. The Kier molecular flexibility index (Phi) is 5.38. The van der Waals surface area contributed by atoms with Gasteiger partial charge in [-0.25, -0.2) is 8.42 Å². The van der Waals surface area contributed by atoms with Gasteiger partial charge in [0, 0.05) is 49.0 Å². The molecule has 0 bridgehead atoms. The Labute approximate surface area is 160 Å². The van der Waals surface area contributed by atoms with Gasteiger partial charge in [-0.3, -0.25) is 10.1 Å². The summed E-state index contributed by atoms with van der Waals surface area (Å²) in [6.45, 7) is 1.53. The molecule has 0 saturated carbocycles. The molecule has 0 N–H and O–H groups in total. The molecule has 1 saturated heterocycles.